The van der Waals surface area contributed by atoms with Crippen LogP contribution in [0.2, 0.25) is 0 Å². The van der Waals surface area contributed by atoms with Crippen molar-refractivity contribution in [1.29, 1.82) is 0 Å². The topological polar surface area (TPSA) is 0 Å². The molecule has 0 nitrogen and oxygen atoms in total. The molecule has 1 unspecified atom stereocenters. The second kappa shape index (κ2) is 10.4. The first-order chi connectivity index (χ1) is 13.3. The zero-order valence-corrected chi connectivity index (χ0v) is 17.1. The number of hydrogen-bond acceptors (Lipinski definition) is 0. The third-order valence-electron chi connectivity index (χ3n) is 6.34. The quantitative estimate of drug-likeness (QED) is 0.472. The van der Waals surface area contributed by atoms with E-state index >= 15 is 0 Å². The van der Waals surface area contributed by atoms with Crippen LogP contribution in [0.3, 0.4) is 0 Å². The van der Waals surface area contributed by atoms with Crippen molar-refractivity contribution in [3.05, 3.63) is 71.3 Å². The summed E-state index contributed by atoms with van der Waals surface area (Å²) in [6.07, 6.45) is 10.8. The Hall–Kier alpha value is -2.00. The van der Waals surface area contributed by atoms with Crippen molar-refractivity contribution in [2.45, 2.75) is 71.1 Å². The highest BCUT2D eigenvalue weighted by Crippen LogP contribution is 2.33. The lowest BCUT2D eigenvalue weighted by molar-refractivity contribution is 0.259. The lowest BCUT2D eigenvalue weighted by Crippen LogP contribution is -2.14. The fourth-order valence-electron chi connectivity index (χ4n) is 4.33. The molecule has 0 bridgehead atoms. The molecule has 3 rings (SSSR count). The predicted octanol–water partition coefficient (Wildman–Crippen LogP) is 7.38. The van der Waals surface area contributed by atoms with Gasteiger partial charge in [-0.1, -0.05) is 100 Å². The van der Waals surface area contributed by atoms with Crippen molar-refractivity contribution in [3.63, 3.8) is 0 Å². The van der Waals surface area contributed by atoms with Crippen LogP contribution >= 0.6 is 0 Å². The van der Waals surface area contributed by atoms with Gasteiger partial charge in [-0.3, -0.25) is 0 Å². The fraction of sp³-hybridized carbons (Fsp3) is 0.481. The van der Waals surface area contributed by atoms with E-state index in [9.17, 15) is 0 Å². The minimum atomic E-state index is 0.323. The average molecular weight is 359 g/mol. The van der Waals surface area contributed by atoms with E-state index in [1.54, 1.807) is 0 Å². The van der Waals surface area contributed by atoms with Gasteiger partial charge in [0.2, 0.25) is 0 Å². The monoisotopic (exact) mass is 358 g/mol. The molecule has 0 amide bonds. The third kappa shape index (κ3) is 6.00. The SMILES string of the molecule is CCC(C#Cc1ccc(CC[C@H]2CC[C@H](CC)CC2)cc1)c1ccccc1. The molecule has 1 fully saturated rings. The van der Waals surface area contributed by atoms with Crippen LogP contribution in [0.15, 0.2) is 54.6 Å². The van der Waals surface area contributed by atoms with Crippen LogP contribution < -0.4 is 0 Å². The highest BCUT2D eigenvalue weighted by molar-refractivity contribution is 5.39. The lowest BCUT2D eigenvalue weighted by Gasteiger charge is -2.27. The zero-order valence-electron chi connectivity index (χ0n) is 17.1. The highest BCUT2D eigenvalue weighted by Gasteiger charge is 2.19. The summed E-state index contributed by atoms with van der Waals surface area (Å²) in [6, 6.07) is 19.6. The van der Waals surface area contributed by atoms with E-state index in [1.165, 1.54) is 56.1 Å². The van der Waals surface area contributed by atoms with Gasteiger partial charge in [0.05, 0.1) is 0 Å². The molecule has 0 radical (unpaired) electrons. The minimum Gasteiger partial charge on any atom is -0.0897 e. The first kappa shape index (κ1) is 19.8. The first-order valence-corrected chi connectivity index (χ1v) is 10.9. The fourth-order valence-corrected chi connectivity index (χ4v) is 4.33. The van der Waals surface area contributed by atoms with Crippen LogP contribution in [0.5, 0.6) is 0 Å². The van der Waals surface area contributed by atoms with Crippen LogP contribution in [-0.4, -0.2) is 0 Å². The maximum absolute atomic E-state index is 3.46. The molecule has 0 heteroatoms. The average Bonchev–Trinajstić information content (AvgIpc) is 2.74. The smallest absolute Gasteiger partial charge is 0.0453 e. The molecule has 1 aliphatic rings. The van der Waals surface area contributed by atoms with E-state index in [2.05, 4.69) is 80.3 Å². The normalized spacial score (nSPS) is 20.5. The van der Waals surface area contributed by atoms with Crippen LogP contribution in [-0.2, 0) is 6.42 Å². The van der Waals surface area contributed by atoms with Gasteiger partial charge in [0, 0.05) is 11.5 Å². The summed E-state index contributed by atoms with van der Waals surface area (Å²) in [5.41, 5.74) is 3.92. The summed E-state index contributed by atoms with van der Waals surface area (Å²) in [6.45, 7) is 4.56. The van der Waals surface area contributed by atoms with Crippen LogP contribution in [0, 0.1) is 23.7 Å². The molecule has 0 N–H and O–H groups in total. The van der Waals surface area contributed by atoms with Crippen molar-refractivity contribution in [1.82, 2.24) is 0 Å². The third-order valence-corrected chi connectivity index (χ3v) is 6.34. The lowest BCUT2D eigenvalue weighted by atomic mass is 9.78. The molecule has 0 saturated heterocycles. The van der Waals surface area contributed by atoms with E-state index in [0.717, 1.165) is 23.8 Å². The molecule has 0 heterocycles. The van der Waals surface area contributed by atoms with Crippen LogP contribution in [0.25, 0.3) is 0 Å². The van der Waals surface area contributed by atoms with E-state index < -0.39 is 0 Å². The van der Waals surface area contributed by atoms with Crippen LogP contribution in [0.1, 0.15) is 81.4 Å². The molecule has 1 atom stereocenters. The van der Waals surface area contributed by atoms with Gasteiger partial charge < -0.3 is 0 Å². The molecular weight excluding hydrogens is 324 g/mol. The summed E-state index contributed by atoms with van der Waals surface area (Å²) >= 11 is 0. The van der Waals surface area contributed by atoms with E-state index in [1.807, 2.05) is 0 Å². The molecule has 2 aromatic rings. The van der Waals surface area contributed by atoms with Gasteiger partial charge >= 0.3 is 0 Å². The molecule has 2 aromatic carbocycles. The highest BCUT2D eigenvalue weighted by atomic mass is 14.2. The number of aryl methyl sites for hydroxylation is 1. The van der Waals surface area contributed by atoms with Gasteiger partial charge in [0.25, 0.3) is 0 Å². The molecule has 142 valence electrons. The Labute approximate surface area is 166 Å². The number of benzene rings is 2. The summed E-state index contributed by atoms with van der Waals surface area (Å²) in [5, 5.41) is 0. The largest absolute Gasteiger partial charge is 0.0897 e. The van der Waals surface area contributed by atoms with Crippen molar-refractivity contribution < 1.29 is 0 Å². The summed E-state index contributed by atoms with van der Waals surface area (Å²) < 4.78 is 0. The van der Waals surface area contributed by atoms with Gasteiger partial charge in [-0.2, -0.15) is 0 Å². The first-order valence-electron chi connectivity index (χ1n) is 10.9. The van der Waals surface area contributed by atoms with E-state index in [4.69, 9.17) is 0 Å². The van der Waals surface area contributed by atoms with Crippen molar-refractivity contribution in [2.24, 2.45) is 11.8 Å². The Kier molecular flexibility index (Phi) is 7.58. The Bertz CT molecular complexity index is 721. The standard InChI is InChI=1S/C27H34/c1-3-22-10-12-23(13-11-22)14-15-24-16-18-25(19-17-24)20-21-26(4-2)27-8-6-5-7-9-27/h5-9,16-19,22-23,26H,3-4,10-15H2,1-2H3/t22-,23-,26?. The molecule has 0 spiro atoms. The van der Waals surface area contributed by atoms with Gasteiger partial charge in [-0.25, -0.2) is 0 Å². The zero-order chi connectivity index (χ0) is 18.9. The maximum Gasteiger partial charge on any atom is 0.0453 e. The number of hydrogen-bond donors (Lipinski definition) is 0. The molecule has 0 aliphatic heterocycles. The Morgan fingerprint density at radius 1 is 0.852 bits per heavy atom. The van der Waals surface area contributed by atoms with E-state index in [-0.39, 0.29) is 0 Å². The predicted molar refractivity (Wildman–Crippen MR) is 117 cm³/mol. The van der Waals surface area contributed by atoms with Gasteiger partial charge in [0.15, 0.2) is 0 Å². The van der Waals surface area contributed by atoms with Crippen molar-refractivity contribution in [2.75, 3.05) is 0 Å². The van der Waals surface area contributed by atoms with Gasteiger partial charge in [0.1, 0.15) is 0 Å². The van der Waals surface area contributed by atoms with Gasteiger partial charge in [-0.15, -0.1) is 0 Å². The maximum atomic E-state index is 3.46. The van der Waals surface area contributed by atoms with Crippen LogP contribution in [0.4, 0.5) is 0 Å². The Morgan fingerprint density at radius 3 is 2.15 bits per heavy atom. The van der Waals surface area contributed by atoms with Crippen molar-refractivity contribution in [3.8, 4) is 11.8 Å². The molecule has 1 saturated carbocycles. The van der Waals surface area contributed by atoms with Crippen molar-refractivity contribution >= 4 is 0 Å². The summed E-state index contributed by atoms with van der Waals surface area (Å²) in [5.74, 6) is 9.13. The molecule has 0 aromatic heterocycles. The number of rotatable bonds is 6. The van der Waals surface area contributed by atoms with Gasteiger partial charge in [-0.05, 0) is 54.4 Å². The minimum absolute atomic E-state index is 0.323. The Balaban J connectivity index is 1.52. The second-order valence-corrected chi connectivity index (χ2v) is 8.17. The molecule has 1 aliphatic carbocycles. The summed E-state index contributed by atoms with van der Waals surface area (Å²) in [7, 11) is 0. The molecular formula is C27H34. The Morgan fingerprint density at radius 2 is 1.52 bits per heavy atom. The summed E-state index contributed by atoms with van der Waals surface area (Å²) in [4.78, 5) is 0. The second-order valence-electron chi connectivity index (χ2n) is 8.17. The molecule has 27 heavy (non-hydrogen) atoms. The van der Waals surface area contributed by atoms with E-state index in [0.29, 0.717) is 5.92 Å².